The number of nitrogens with one attached hydrogen (secondary N) is 2. The number of hydrogen-bond donors (Lipinski definition) is 2. The number of aromatic amines is 1. The number of carbonyl (C=O) groups excluding carboxylic acids is 1. The average molecular weight is 448 g/mol. The van der Waals surface area contributed by atoms with Gasteiger partial charge in [0, 0.05) is 68.1 Å². The van der Waals surface area contributed by atoms with Crippen molar-refractivity contribution in [3.8, 4) is 5.75 Å². The van der Waals surface area contributed by atoms with E-state index in [0.29, 0.717) is 5.92 Å². The number of hydrogen-bond acceptors (Lipinski definition) is 4. The number of para-hydroxylation sites is 1. The molecule has 7 heteroatoms. The maximum absolute atomic E-state index is 12.9. The summed E-state index contributed by atoms with van der Waals surface area (Å²) < 4.78 is 5.66. The Morgan fingerprint density at radius 2 is 1.79 bits per heavy atom. The van der Waals surface area contributed by atoms with E-state index in [1.807, 2.05) is 17.0 Å². The minimum atomic E-state index is -0.0400. The lowest BCUT2D eigenvalue weighted by Gasteiger charge is -2.35. The second kappa shape index (κ2) is 9.35. The van der Waals surface area contributed by atoms with Crippen LogP contribution in [0.25, 0.3) is 10.9 Å². The maximum Gasteiger partial charge on any atom is 0.321 e. The van der Waals surface area contributed by atoms with Crippen molar-refractivity contribution in [1.29, 1.82) is 0 Å². The molecule has 2 aliphatic rings. The molecule has 2 aliphatic heterocycles. The highest BCUT2D eigenvalue weighted by Crippen LogP contribution is 2.34. The number of fused-ring (bicyclic) bond motifs is 1. The van der Waals surface area contributed by atoms with Gasteiger partial charge in [0.25, 0.3) is 0 Å². The summed E-state index contributed by atoms with van der Waals surface area (Å²) >= 11 is 0. The van der Waals surface area contributed by atoms with Crippen LogP contribution in [-0.2, 0) is 0 Å². The zero-order valence-corrected chi connectivity index (χ0v) is 19.5. The van der Waals surface area contributed by atoms with Crippen molar-refractivity contribution in [2.45, 2.75) is 18.8 Å². The summed E-state index contributed by atoms with van der Waals surface area (Å²) in [6.45, 7) is 5.54. The molecule has 2 N–H and O–H groups in total. The lowest BCUT2D eigenvalue weighted by molar-refractivity contribution is 0.195. The van der Waals surface area contributed by atoms with Gasteiger partial charge in [-0.2, -0.15) is 0 Å². The van der Waals surface area contributed by atoms with E-state index < -0.39 is 0 Å². The van der Waals surface area contributed by atoms with Gasteiger partial charge in [-0.3, -0.25) is 0 Å². The molecule has 0 aliphatic carbocycles. The van der Waals surface area contributed by atoms with Crippen molar-refractivity contribution in [3.05, 3.63) is 54.2 Å². The summed E-state index contributed by atoms with van der Waals surface area (Å²) in [7, 11) is 3.84. The largest absolute Gasteiger partial charge is 0.495 e. The van der Waals surface area contributed by atoms with Gasteiger partial charge in [-0.15, -0.1) is 0 Å². The predicted molar refractivity (Wildman–Crippen MR) is 134 cm³/mol. The van der Waals surface area contributed by atoms with Gasteiger partial charge in [-0.25, -0.2) is 4.79 Å². The molecule has 2 amide bonds. The summed E-state index contributed by atoms with van der Waals surface area (Å²) in [6.07, 6.45) is 4.08. The van der Waals surface area contributed by atoms with Crippen LogP contribution in [0, 0.1) is 0 Å². The maximum atomic E-state index is 12.9. The molecular weight excluding hydrogens is 414 g/mol. The number of likely N-dealkylation sites (tertiary alicyclic amines) is 1. The van der Waals surface area contributed by atoms with E-state index in [0.717, 1.165) is 69.2 Å². The van der Waals surface area contributed by atoms with Crippen LogP contribution >= 0.6 is 0 Å². The molecule has 174 valence electrons. The molecule has 3 heterocycles. The van der Waals surface area contributed by atoms with Crippen molar-refractivity contribution < 1.29 is 9.53 Å². The number of likely N-dealkylation sites (N-methyl/N-ethyl adjacent to an activating group) is 1. The molecule has 33 heavy (non-hydrogen) atoms. The zero-order valence-electron chi connectivity index (χ0n) is 19.5. The van der Waals surface area contributed by atoms with E-state index in [9.17, 15) is 4.79 Å². The molecule has 0 atom stereocenters. The van der Waals surface area contributed by atoms with Gasteiger partial charge in [0.1, 0.15) is 5.75 Å². The second-order valence-electron chi connectivity index (χ2n) is 9.16. The number of urea groups is 1. The number of aromatic nitrogens is 1. The molecule has 0 bridgehead atoms. The zero-order chi connectivity index (χ0) is 22.8. The highest BCUT2D eigenvalue weighted by molar-refractivity contribution is 5.90. The van der Waals surface area contributed by atoms with E-state index in [1.54, 1.807) is 7.11 Å². The van der Waals surface area contributed by atoms with Crippen molar-refractivity contribution >= 4 is 28.3 Å². The Balaban J connectivity index is 1.20. The minimum absolute atomic E-state index is 0.0400. The second-order valence-corrected chi connectivity index (χ2v) is 9.16. The number of rotatable bonds is 4. The van der Waals surface area contributed by atoms with Crippen molar-refractivity contribution in [1.82, 2.24) is 14.8 Å². The monoisotopic (exact) mass is 447 g/mol. The number of H-pyrrole nitrogens is 1. The number of methoxy groups -OCH3 is 1. The number of nitrogens with zero attached hydrogens (tertiary/aromatic N) is 3. The summed E-state index contributed by atoms with van der Waals surface area (Å²) in [5, 5.41) is 4.38. The average Bonchev–Trinajstić information content (AvgIpc) is 3.29. The topological polar surface area (TPSA) is 63.8 Å². The van der Waals surface area contributed by atoms with Crippen LogP contribution in [0.3, 0.4) is 0 Å². The number of ether oxygens (including phenoxy) is 1. The summed E-state index contributed by atoms with van der Waals surface area (Å²) in [6, 6.07) is 14.4. The number of carbonyl (C=O) groups is 1. The SMILES string of the molecule is COc1cc(NC(=O)N2CCC(c3c[nH]c4ccccc34)CC2)ccc1N1CCN(C)CC1. The predicted octanol–water partition coefficient (Wildman–Crippen LogP) is 4.34. The van der Waals surface area contributed by atoms with Gasteiger partial charge in [0.15, 0.2) is 0 Å². The summed E-state index contributed by atoms with van der Waals surface area (Å²) in [5.74, 6) is 1.28. The fourth-order valence-electron chi connectivity index (χ4n) is 5.09. The van der Waals surface area contributed by atoms with Gasteiger partial charge in [0.2, 0.25) is 0 Å². The molecule has 0 radical (unpaired) electrons. The first-order valence-corrected chi connectivity index (χ1v) is 11.9. The number of anilines is 2. The van der Waals surface area contributed by atoms with Gasteiger partial charge in [-0.05, 0) is 49.6 Å². The number of benzene rings is 2. The van der Waals surface area contributed by atoms with E-state index in [4.69, 9.17) is 4.74 Å². The molecule has 7 nitrogen and oxygen atoms in total. The first-order chi connectivity index (χ1) is 16.1. The fraction of sp³-hybridized carbons (Fsp3) is 0.423. The standard InChI is InChI=1S/C26H33N5O2/c1-29-13-15-30(16-14-29)24-8-7-20(17-25(24)33-2)28-26(32)31-11-9-19(10-12-31)22-18-27-23-6-4-3-5-21(22)23/h3-8,17-19,27H,9-16H2,1-2H3,(H,28,32). The Morgan fingerprint density at radius 1 is 1.03 bits per heavy atom. The molecule has 2 saturated heterocycles. The van der Waals surface area contributed by atoms with Crippen molar-refractivity contribution in [2.75, 3.05) is 63.6 Å². The van der Waals surface area contributed by atoms with Gasteiger partial charge < -0.3 is 29.7 Å². The first-order valence-electron chi connectivity index (χ1n) is 11.9. The van der Waals surface area contributed by atoms with Crippen molar-refractivity contribution in [2.24, 2.45) is 0 Å². The van der Waals surface area contributed by atoms with Gasteiger partial charge >= 0.3 is 6.03 Å². The Labute approximate surface area is 195 Å². The van der Waals surface area contributed by atoms with Gasteiger partial charge in [0.05, 0.1) is 12.8 Å². The van der Waals surface area contributed by atoms with Crippen LogP contribution in [0.5, 0.6) is 5.75 Å². The third kappa shape index (κ3) is 4.50. The van der Waals surface area contributed by atoms with Crippen LogP contribution in [0.2, 0.25) is 0 Å². The van der Waals surface area contributed by atoms with Crippen LogP contribution in [0.4, 0.5) is 16.2 Å². The Kier molecular flexibility index (Phi) is 6.13. The third-order valence-electron chi connectivity index (χ3n) is 7.12. The summed E-state index contributed by atoms with van der Waals surface area (Å²) in [4.78, 5) is 22.9. The lowest BCUT2D eigenvalue weighted by atomic mass is 9.89. The molecular formula is C26H33N5O2. The van der Waals surface area contributed by atoms with Crippen LogP contribution in [0.1, 0.15) is 24.3 Å². The molecule has 2 fully saturated rings. The Bertz CT molecular complexity index is 1110. The highest BCUT2D eigenvalue weighted by Gasteiger charge is 2.26. The number of piperidine rings is 1. The van der Waals surface area contributed by atoms with Crippen LogP contribution in [0.15, 0.2) is 48.7 Å². The van der Waals surface area contributed by atoms with Gasteiger partial charge in [-0.1, -0.05) is 18.2 Å². The molecule has 2 aromatic carbocycles. The minimum Gasteiger partial charge on any atom is -0.495 e. The Morgan fingerprint density at radius 3 is 2.55 bits per heavy atom. The lowest BCUT2D eigenvalue weighted by Crippen LogP contribution is -2.44. The smallest absolute Gasteiger partial charge is 0.321 e. The highest BCUT2D eigenvalue weighted by atomic mass is 16.5. The van der Waals surface area contributed by atoms with Crippen molar-refractivity contribution in [3.63, 3.8) is 0 Å². The van der Waals surface area contributed by atoms with E-state index in [2.05, 4.69) is 63.7 Å². The molecule has 0 saturated carbocycles. The Hall–Kier alpha value is -3.19. The van der Waals surface area contributed by atoms with Crippen LogP contribution in [-0.4, -0.2) is 74.2 Å². The fourth-order valence-corrected chi connectivity index (χ4v) is 5.09. The van der Waals surface area contributed by atoms with Crippen LogP contribution < -0.4 is 15.0 Å². The molecule has 0 spiro atoms. The summed E-state index contributed by atoms with van der Waals surface area (Å²) in [5.41, 5.74) is 4.41. The molecule has 3 aromatic rings. The quantitative estimate of drug-likeness (QED) is 0.625. The molecule has 1 aromatic heterocycles. The first kappa shape index (κ1) is 21.6. The third-order valence-corrected chi connectivity index (χ3v) is 7.12. The van der Waals surface area contributed by atoms with E-state index in [1.165, 1.54) is 16.5 Å². The normalized spacial score (nSPS) is 18.0. The van der Waals surface area contributed by atoms with E-state index >= 15 is 0 Å². The van der Waals surface area contributed by atoms with E-state index in [-0.39, 0.29) is 6.03 Å². The molecule has 5 rings (SSSR count). The number of amides is 2. The molecule has 0 unspecified atom stereocenters. The number of piperazine rings is 1.